The summed E-state index contributed by atoms with van der Waals surface area (Å²) in [5.74, 6) is -0.600. The lowest BCUT2D eigenvalue weighted by atomic mass is 10.1. The van der Waals surface area contributed by atoms with Crippen LogP contribution in [0.2, 0.25) is 0 Å². The molecule has 1 N–H and O–H groups in total. The van der Waals surface area contributed by atoms with Crippen molar-refractivity contribution in [1.82, 2.24) is 3.96 Å². The molecule has 18 heavy (non-hydrogen) atoms. The van der Waals surface area contributed by atoms with Crippen molar-refractivity contribution in [2.75, 3.05) is 0 Å². The van der Waals surface area contributed by atoms with Crippen molar-refractivity contribution in [3.05, 3.63) is 34.6 Å². The van der Waals surface area contributed by atoms with E-state index in [4.69, 9.17) is 5.11 Å². The molecule has 2 aromatic rings. The standard InChI is InChI=1S/C13H15NO3S/c1-9(6-7-12(15)16)8-14-13(17)10-4-2-3-5-11(10)18-14/h2-5,9H,6-8H2,1H3,(H,15,16). The van der Waals surface area contributed by atoms with Crippen molar-refractivity contribution < 1.29 is 9.90 Å². The quantitative estimate of drug-likeness (QED) is 0.903. The van der Waals surface area contributed by atoms with Gasteiger partial charge in [0.15, 0.2) is 0 Å². The fourth-order valence-electron chi connectivity index (χ4n) is 1.88. The minimum Gasteiger partial charge on any atom is -0.481 e. The fraction of sp³-hybridized carbons (Fsp3) is 0.385. The van der Waals surface area contributed by atoms with E-state index in [1.165, 1.54) is 11.5 Å². The van der Waals surface area contributed by atoms with E-state index < -0.39 is 5.97 Å². The zero-order chi connectivity index (χ0) is 13.1. The van der Waals surface area contributed by atoms with Gasteiger partial charge < -0.3 is 5.11 Å². The highest BCUT2D eigenvalue weighted by atomic mass is 32.1. The molecular formula is C13H15NO3S. The fourth-order valence-corrected chi connectivity index (χ4v) is 3.02. The maximum atomic E-state index is 12.1. The highest BCUT2D eigenvalue weighted by Crippen LogP contribution is 2.18. The van der Waals surface area contributed by atoms with Gasteiger partial charge in [0.2, 0.25) is 0 Å². The lowest BCUT2D eigenvalue weighted by molar-refractivity contribution is -0.137. The Morgan fingerprint density at radius 3 is 2.83 bits per heavy atom. The van der Waals surface area contributed by atoms with E-state index in [2.05, 4.69) is 0 Å². The molecule has 0 saturated carbocycles. The predicted molar refractivity (Wildman–Crippen MR) is 72.1 cm³/mol. The maximum Gasteiger partial charge on any atom is 0.303 e. The van der Waals surface area contributed by atoms with E-state index >= 15 is 0 Å². The molecule has 0 fully saturated rings. The minimum atomic E-state index is -0.787. The molecule has 4 nitrogen and oxygen atoms in total. The summed E-state index contributed by atoms with van der Waals surface area (Å²) >= 11 is 1.44. The van der Waals surface area contributed by atoms with Gasteiger partial charge in [-0.1, -0.05) is 30.6 Å². The Labute approximate surface area is 109 Å². The van der Waals surface area contributed by atoms with Crippen LogP contribution in [0, 0.1) is 5.92 Å². The molecule has 5 heteroatoms. The van der Waals surface area contributed by atoms with E-state index in [-0.39, 0.29) is 17.9 Å². The smallest absolute Gasteiger partial charge is 0.303 e. The molecule has 1 unspecified atom stereocenters. The van der Waals surface area contributed by atoms with E-state index in [0.717, 1.165) is 10.1 Å². The Balaban J connectivity index is 2.14. The number of carboxylic acid groups (broad SMARTS) is 1. The molecule has 2 rings (SSSR count). The molecule has 0 amide bonds. The molecule has 96 valence electrons. The monoisotopic (exact) mass is 265 g/mol. The molecular weight excluding hydrogens is 250 g/mol. The molecule has 0 spiro atoms. The molecule has 1 atom stereocenters. The van der Waals surface area contributed by atoms with Crippen LogP contribution in [0.3, 0.4) is 0 Å². The summed E-state index contributed by atoms with van der Waals surface area (Å²) in [6, 6.07) is 7.53. The summed E-state index contributed by atoms with van der Waals surface area (Å²) < 4.78 is 2.70. The summed E-state index contributed by atoms with van der Waals surface area (Å²) in [7, 11) is 0. The highest BCUT2D eigenvalue weighted by molar-refractivity contribution is 7.13. The molecule has 0 aliphatic heterocycles. The number of carbonyl (C=O) groups is 1. The third-order valence-electron chi connectivity index (χ3n) is 2.88. The summed E-state index contributed by atoms with van der Waals surface area (Å²) in [6.07, 6.45) is 0.747. The number of nitrogens with zero attached hydrogens (tertiary/aromatic N) is 1. The second-order valence-corrected chi connectivity index (χ2v) is 5.55. The first-order valence-electron chi connectivity index (χ1n) is 5.88. The van der Waals surface area contributed by atoms with Gasteiger partial charge in [0.25, 0.3) is 5.56 Å². The number of carboxylic acids is 1. The number of hydrogen-bond acceptors (Lipinski definition) is 3. The van der Waals surface area contributed by atoms with Crippen LogP contribution in [0.4, 0.5) is 0 Å². The second-order valence-electron chi connectivity index (χ2n) is 4.49. The van der Waals surface area contributed by atoms with E-state index in [1.807, 2.05) is 31.2 Å². The number of aromatic nitrogens is 1. The van der Waals surface area contributed by atoms with Crippen molar-refractivity contribution in [1.29, 1.82) is 0 Å². The van der Waals surface area contributed by atoms with Crippen LogP contribution in [0.25, 0.3) is 10.1 Å². The van der Waals surface area contributed by atoms with Crippen LogP contribution < -0.4 is 5.56 Å². The first-order chi connectivity index (χ1) is 8.58. The molecule has 0 aliphatic rings. The van der Waals surface area contributed by atoms with Crippen LogP contribution in [-0.4, -0.2) is 15.0 Å². The Bertz CT molecular complexity index is 614. The first-order valence-corrected chi connectivity index (χ1v) is 6.66. The van der Waals surface area contributed by atoms with E-state index in [9.17, 15) is 9.59 Å². The summed E-state index contributed by atoms with van der Waals surface area (Å²) in [4.78, 5) is 22.6. The zero-order valence-corrected chi connectivity index (χ0v) is 10.9. The first kappa shape index (κ1) is 12.8. The van der Waals surface area contributed by atoms with Crippen LogP contribution in [0.1, 0.15) is 19.8 Å². The molecule has 0 saturated heterocycles. The lowest BCUT2D eigenvalue weighted by Gasteiger charge is -2.08. The number of aliphatic carboxylic acids is 1. The summed E-state index contributed by atoms with van der Waals surface area (Å²) in [5, 5.41) is 9.37. The van der Waals surface area contributed by atoms with Crippen molar-refractivity contribution in [3.63, 3.8) is 0 Å². The van der Waals surface area contributed by atoms with Crippen molar-refractivity contribution in [2.45, 2.75) is 26.3 Å². The minimum absolute atomic E-state index is 0.0257. The zero-order valence-electron chi connectivity index (χ0n) is 10.1. The Kier molecular flexibility index (Phi) is 3.81. The molecule has 0 bridgehead atoms. The lowest BCUT2D eigenvalue weighted by Crippen LogP contribution is -2.17. The maximum absolute atomic E-state index is 12.1. The van der Waals surface area contributed by atoms with Gasteiger partial charge in [0.1, 0.15) is 0 Å². The van der Waals surface area contributed by atoms with Crippen molar-refractivity contribution in [2.24, 2.45) is 5.92 Å². The molecule has 1 heterocycles. The summed E-state index contributed by atoms with van der Waals surface area (Å²) in [5.41, 5.74) is 0.0257. The van der Waals surface area contributed by atoms with Crippen molar-refractivity contribution in [3.8, 4) is 0 Å². The van der Waals surface area contributed by atoms with Crippen LogP contribution in [0.5, 0.6) is 0 Å². The van der Waals surface area contributed by atoms with Crippen LogP contribution >= 0.6 is 11.5 Å². The second kappa shape index (κ2) is 5.35. The summed E-state index contributed by atoms with van der Waals surface area (Å²) in [6.45, 7) is 2.56. The van der Waals surface area contributed by atoms with Crippen LogP contribution in [0.15, 0.2) is 29.1 Å². The Morgan fingerprint density at radius 2 is 2.17 bits per heavy atom. The van der Waals surface area contributed by atoms with Gasteiger partial charge >= 0.3 is 5.97 Å². The van der Waals surface area contributed by atoms with Gasteiger partial charge in [0.05, 0.1) is 10.1 Å². The van der Waals surface area contributed by atoms with Gasteiger partial charge in [0, 0.05) is 13.0 Å². The predicted octanol–water partition coefficient (Wildman–Crippen LogP) is 2.56. The highest BCUT2D eigenvalue weighted by Gasteiger charge is 2.11. The number of rotatable bonds is 5. The van der Waals surface area contributed by atoms with Gasteiger partial charge in [-0.25, -0.2) is 0 Å². The average Bonchev–Trinajstić information content (AvgIpc) is 2.65. The van der Waals surface area contributed by atoms with Gasteiger partial charge in [-0.15, -0.1) is 0 Å². The van der Waals surface area contributed by atoms with Gasteiger partial charge in [-0.05, 0) is 24.5 Å². The van der Waals surface area contributed by atoms with E-state index in [0.29, 0.717) is 13.0 Å². The molecule has 1 aromatic carbocycles. The third-order valence-corrected chi connectivity index (χ3v) is 3.97. The normalized spacial score (nSPS) is 12.7. The topological polar surface area (TPSA) is 59.3 Å². The Hall–Kier alpha value is -1.62. The molecule has 1 aromatic heterocycles. The van der Waals surface area contributed by atoms with E-state index in [1.54, 1.807) is 3.96 Å². The van der Waals surface area contributed by atoms with Crippen molar-refractivity contribution >= 4 is 27.6 Å². The number of hydrogen-bond donors (Lipinski definition) is 1. The number of benzene rings is 1. The van der Waals surface area contributed by atoms with Gasteiger partial charge in [-0.3, -0.25) is 13.5 Å². The SMILES string of the molecule is CC(CCC(=O)O)Cn1sc2ccccc2c1=O. The van der Waals surface area contributed by atoms with Crippen LogP contribution in [-0.2, 0) is 11.3 Å². The Morgan fingerprint density at radius 1 is 1.44 bits per heavy atom. The third kappa shape index (κ3) is 2.79. The number of fused-ring (bicyclic) bond motifs is 1. The largest absolute Gasteiger partial charge is 0.481 e. The average molecular weight is 265 g/mol. The molecule has 0 radical (unpaired) electrons. The van der Waals surface area contributed by atoms with Gasteiger partial charge in [-0.2, -0.15) is 0 Å². The molecule has 0 aliphatic carbocycles.